The van der Waals surface area contributed by atoms with Crippen LogP contribution in [0.4, 0.5) is 0 Å². The summed E-state index contributed by atoms with van der Waals surface area (Å²) in [6.45, 7) is 8.82. The largest absolute Gasteiger partial charge is 0.507 e. The Labute approximate surface area is 239 Å². The summed E-state index contributed by atoms with van der Waals surface area (Å²) in [5, 5.41) is 35.3. The average molecular weight is 553 g/mol. The minimum Gasteiger partial charge on any atom is -0.507 e. The van der Waals surface area contributed by atoms with Gasteiger partial charge in [-0.05, 0) is 51.0 Å². The fourth-order valence-corrected chi connectivity index (χ4v) is 10.1. The molecule has 0 aliphatic carbocycles. The lowest BCUT2D eigenvalue weighted by atomic mass is 9.98. The molecule has 0 saturated carbocycles. The highest BCUT2D eigenvalue weighted by Crippen LogP contribution is 2.37. The Morgan fingerprint density at radius 3 is 1.93 bits per heavy atom. The molecule has 0 saturated heterocycles. The number of benzene rings is 4. The molecule has 5 heteroatoms. The van der Waals surface area contributed by atoms with Crippen molar-refractivity contribution in [3.63, 3.8) is 0 Å². The summed E-state index contributed by atoms with van der Waals surface area (Å²) in [5.74, 6) is 0.196. The van der Waals surface area contributed by atoms with Gasteiger partial charge in [0.25, 0.3) is 8.32 Å². The first-order valence-corrected chi connectivity index (χ1v) is 15.8. The van der Waals surface area contributed by atoms with Gasteiger partial charge in [0.2, 0.25) is 0 Å². The Bertz CT molecular complexity index is 1430. The van der Waals surface area contributed by atoms with Crippen LogP contribution in [0.1, 0.15) is 52.2 Å². The number of aliphatic hydroxyl groups is 2. The summed E-state index contributed by atoms with van der Waals surface area (Å²) in [5.41, 5.74) is 4.97. The molecule has 4 rings (SSSR count). The maximum Gasteiger partial charge on any atom is 0.261 e. The molecular formula is C35H40O4Si. The number of hydrogen-bond acceptors (Lipinski definition) is 4. The maximum absolute atomic E-state index is 11.0. The zero-order valence-corrected chi connectivity index (χ0v) is 24.8. The molecule has 0 aliphatic rings. The van der Waals surface area contributed by atoms with Crippen LogP contribution in [0, 0.1) is 0 Å². The predicted octanol–water partition coefficient (Wildman–Crippen LogP) is 6.40. The van der Waals surface area contributed by atoms with E-state index >= 15 is 0 Å². The normalized spacial score (nSPS) is 13.4. The van der Waals surface area contributed by atoms with E-state index in [1.54, 1.807) is 19.1 Å². The van der Waals surface area contributed by atoms with E-state index in [9.17, 15) is 15.3 Å². The topological polar surface area (TPSA) is 69.9 Å². The third kappa shape index (κ3) is 6.47. The van der Waals surface area contributed by atoms with Gasteiger partial charge < -0.3 is 19.7 Å². The van der Waals surface area contributed by atoms with E-state index < -0.39 is 20.5 Å². The maximum atomic E-state index is 11.0. The molecule has 0 radical (unpaired) electrons. The molecule has 2 atom stereocenters. The second-order valence-corrected chi connectivity index (χ2v) is 15.7. The SMILES string of the molecule is C[C@H](O)CC(=C=CC[C@@H](O)c1ccc(O)c2ccccc12)CO[Si](c1ccccc1)(c1ccccc1)C(C)(C)C. The van der Waals surface area contributed by atoms with Crippen molar-refractivity contribution in [1.29, 1.82) is 0 Å². The van der Waals surface area contributed by atoms with Gasteiger partial charge in [0.15, 0.2) is 0 Å². The van der Waals surface area contributed by atoms with Gasteiger partial charge >= 0.3 is 0 Å². The Balaban J connectivity index is 1.66. The summed E-state index contributed by atoms with van der Waals surface area (Å²) in [4.78, 5) is 0. The van der Waals surface area contributed by atoms with Gasteiger partial charge in [-0.1, -0.05) is 112 Å². The van der Waals surface area contributed by atoms with Crippen molar-refractivity contribution >= 4 is 29.5 Å². The molecule has 0 unspecified atom stereocenters. The lowest BCUT2D eigenvalue weighted by Gasteiger charge is -2.43. The third-order valence-electron chi connectivity index (χ3n) is 7.36. The molecule has 0 bridgehead atoms. The second-order valence-electron chi connectivity index (χ2n) is 11.4. The highest BCUT2D eigenvalue weighted by Gasteiger charge is 2.50. The lowest BCUT2D eigenvalue weighted by molar-refractivity contribution is 0.183. The van der Waals surface area contributed by atoms with Crippen LogP contribution in [0.3, 0.4) is 0 Å². The molecule has 0 fully saturated rings. The van der Waals surface area contributed by atoms with Gasteiger partial charge in [-0.15, -0.1) is 5.73 Å². The summed E-state index contributed by atoms with van der Waals surface area (Å²) >= 11 is 0. The Morgan fingerprint density at radius 2 is 1.38 bits per heavy atom. The van der Waals surface area contributed by atoms with E-state index in [0.29, 0.717) is 24.8 Å². The molecule has 0 aromatic heterocycles. The van der Waals surface area contributed by atoms with Crippen LogP contribution in [0.5, 0.6) is 5.75 Å². The molecule has 0 spiro atoms. The summed E-state index contributed by atoms with van der Waals surface area (Å²) in [7, 11) is -2.74. The highest BCUT2D eigenvalue weighted by molar-refractivity contribution is 6.99. The van der Waals surface area contributed by atoms with Crippen LogP contribution in [0.2, 0.25) is 5.04 Å². The van der Waals surface area contributed by atoms with Crippen LogP contribution >= 0.6 is 0 Å². The predicted molar refractivity (Wildman–Crippen MR) is 167 cm³/mol. The molecule has 40 heavy (non-hydrogen) atoms. The van der Waals surface area contributed by atoms with Gasteiger partial charge in [0.1, 0.15) is 5.75 Å². The van der Waals surface area contributed by atoms with Crippen molar-refractivity contribution in [2.45, 2.75) is 57.8 Å². The molecule has 4 nitrogen and oxygen atoms in total. The first-order chi connectivity index (χ1) is 19.1. The van der Waals surface area contributed by atoms with E-state index in [2.05, 4.69) is 75.0 Å². The standard InChI is InChI=1S/C35H40O4Si/c1-26(36)24-27(14-13-21-33(37)32-22-23-34(38)31-20-12-11-19-30(31)32)25-39-40(35(2,3)4,28-15-7-5-8-16-28)29-17-9-6-10-18-29/h5-13,15-20,22-23,26,33,36-38H,21,24-25H2,1-4H3/t14?,26-,33+/m0/s1. The van der Waals surface area contributed by atoms with Crippen LogP contribution in [-0.4, -0.2) is 36.3 Å². The molecule has 3 N–H and O–H groups in total. The third-order valence-corrected chi connectivity index (χ3v) is 12.3. The van der Waals surface area contributed by atoms with E-state index in [1.807, 2.05) is 42.5 Å². The number of aromatic hydroxyl groups is 1. The number of hydrogen-bond donors (Lipinski definition) is 3. The van der Waals surface area contributed by atoms with Crippen LogP contribution in [0.15, 0.2) is 114 Å². The molecule has 208 valence electrons. The molecule has 4 aromatic rings. The Hall–Kier alpha value is -3.44. The fraction of sp³-hybridized carbons (Fsp3) is 0.286. The van der Waals surface area contributed by atoms with Crippen molar-refractivity contribution in [2.75, 3.05) is 6.61 Å². The van der Waals surface area contributed by atoms with Gasteiger partial charge in [0.05, 0.1) is 18.8 Å². The van der Waals surface area contributed by atoms with Gasteiger partial charge in [-0.2, -0.15) is 0 Å². The Kier molecular flexibility index (Phi) is 9.46. The number of phenolic OH excluding ortho intramolecular Hbond substituents is 1. The average Bonchev–Trinajstić information content (AvgIpc) is 2.93. The monoisotopic (exact) mass is 552 g/mol. The molecule has 0 heterocycles. The van der Waals surface area contributed by atoms with E-state index in [4.69, 9.17) is 4.43 Å². The first kappa shape index (κ1) is 29.5. The highest BCUT2D eigenvalue weighted by atomic mass is 28.4. The van der Waals surface area contributed by atoms with Crippen molar-refractivity contribution in [1.82, 2.24) is 0 Å². The quantitative estimate of drug-likeness (QED) is 0.157. The number of phenols is 1. The first-order valence-electron chi connectivity index (χ1n) is 13.9. The van der Waals surface area contributed by atoms with Crippen LogP contribution < -0.4 is 10.4 Å². The number of fused-ring (bicyclic) bond motifs is 1. The van der Waals surface area contributed by atoms with Crippen molar-refractivity contribution in [2.24, 2.45) is 0 Å². The van der Waals surface area contributed by atoms with Crippen LogP contribution in [-0.2, 0) is 4.43 Å². The zero-order chi connectivity index (χ0) is 28.8. The van der Waals surface area contributed by atoms with Gasteiger partial charge in [0, 0.05) is 18.2 Å². The zero-order valence-electron chi connectivity index (χ0n) is 23.8. The molecule has 4 aromatic carbocycles. The van der Waals surface area contributed by atoms with Crippen molar-refractivity contribution in [3.8, 4) is 5.75 Å². The van der Waals surface area contributed by atoms with E-state index in [-0.39, 0.29) is 10.8 Å². The summed E-state index contributed by atoms with van der Waals surface area (Å²) in [6, 6.07) is 31.9. The molecule has 0 amide bonds. The minimum absolute atomic E-state index is 0.161. The molecule has 0 aliphatic heterocycles. The lowest BCUT2D eigenvalue weighted by Crippen LogP contribution is -2.66. The van der Waals surface area contributed by atoms with Crippen molar-refractivity contribution < 1.29 is 19.7 Å². The second kappa shape index (κ2) is 12.8. The fourth-order valence-electron chi connectivity index (χ4n) is 5.51. The summed E-state index contributed by atoms with van der Waals surface area (Å²) in [6.07, 6.45) is 1.29. The Morgan fingerprint density at radius 1 is 0.825 bits per heavy atom. The van der Waals surface area contributed by atoms with Crippen molar-refractivity contribution in [3.05, 3.63) is 120 Å². The van der Waals surface area contributed by atoms with Gasteiger partial charge in [-0.25, -0.2) is 0 Å². The number of aliphatic hydroxyl groups excluding tert-OH is 2. The molecular weight excluding hydrogens is 512 g/mol. The van der Waals surface area contributed by atoms with Gasteiger partial charge in [-0.3, -0.25) is 0 Å². The summed E-state index contributed by atoms with van der Waals surface area (Å²) < 4.78 is 7.06. The van der Waals surface area contributed by atoms with Crippen LogP contribution in [0.25, 0.3) is 10.8 Å². The minimum atomic E-state index is -2.74. The smallest absolute Gasteiger partial charge is 0.261 e. The number of rotatable bonds is 10. The van der Waals surface area contributed by atoms with E-state index in [1.165, 1.54) is 10.4 Å². The van der Waals surface area contributed by atoms with E-state index in [0.717, 1.165) is 16.5 Å².